The summed E-state index contributed by atoms with van der Waals surface area (Å²) in [6.07, 6.45) is 16.6. The number of hydroxylamine groups is 2. The van der Waals surface area contributed by atoms with E-state index in [1.54, 1.807) is 0 Å². The van der Waals surface area contributed by atoms with Gasteiger partial charge in [0.1, 0.15) is 0 Å². The first-order valence-electron chi connectivity index (χ1n) is 12.9. The van der Waals surface area contributed by atoms with Crippen LogP contribution in [0.3, 0.4) is 0 Å². The first-order valence-corrected chi connectivity index (χ1v) is 12.9. The lowest BCUT2D eigenvalue weighted by atomic mass is 10.0. The van der Waals surface area contributed by atoms with Gasteiger partial charge in [-0.1, -0.05) is 102 Å². The first kappa shape index (κ1) is 28.9. The third kappa shape index (κ3) is 14.6. The number of imide groups is 1. The monoisotopic (exact) mass is 469 g/mol. The number of unbranched alkanes of at least 4 members (excludes halogenated alkanes) is 14. The topological polar surface area (TPSA) is 99.2 Å². The van der Waals surface area contributed by atoms with Crippen molar-refractivity contribution in [3.05, 3.63) is 0 Å². The summed E-state index contributed by atoms with van der Waals surface area (Å²) in [6.45, 7) is 3.63. The predicted octanol–water partition coefficient (Wildman–Crippen LogP) is 6.35. The van der Waals surface area contributed by atoms with E-state index in [1.165, 1.54) is 84.0 Å². The number of esters is 1. The molecule has 8 nitrogen and oxygen atoms in total. The molecule has 0 radical (unpaired) electrons. The minimum atomic E-state index is -1.26. The third-order valence-electron chi connectivity index (χ3n) is 5.72. The summed E-state index contributed by atoms with van der Waals surface area (Å²) in [4.78, 5) is 50.8. The van der Waals surface area contributed by atoms with Gasteiger partial charge in [-0.05, 0) is 6.42 Å². The Labute approximate surface area is 198 Å². The molecule has 1 saturated heterocycles. The molecule has 1 aliphatic heterocycles. The second-order valence-corrected chi connectivity index (χ2v) is 8.80. The van der Waals surface area contributed by atoms with Crippen molar-refractivity contribution in [1.29, 1.82) is 0 Å². The molecule has 0 aromatic heterocycles. The van der Waals surface area contributed by atoms with Crippen LogP contribution in [0.5, 0.6) is 0 Å². The van der Waals surface area contributed by atoms with Crippen molar-refractivity contribution in [2.24, 2.45) is 0 Å². The minimum absolute atomic E-state index is 0.00406. The van der Waals surface area contributed by atoms with Crippen LogP contribution in [0.25, 0.3) is 0 Å². The van der Waals surface area contributed by atoms with Crippen molar-refractivity contribution in [2.45, 2.75) is 136 Å². The van der Waals surface area contributed by atoms with E-state index < -0.39 is 30.2 Å². The highest BCUT2D eigenvalue weighted by atomic mass is 16.9. The lowest BCUT2D eigenvalue weighted by Crippen LogP contribution is -2.34. The maximum absolute atomic E-state index is 11.8. The molecular formula is C25H43NO7. The molecule has 1 atom stereocenters. The quantitative estimate of drug-likeness (QED) is 0.0939. The van der Waals surface area contributed by atoms with Gasteiger partial charge >= 0.3 is 12.1 Å². The lowest BCUT2D eigenvalue weighted by molar-refractivity contribution is -0.191. The fourth-order valence-corrected chi connectivity index (χ4v) is 3.80. The van der Waals surface area contributed by atoms with E-state index in [1.807, 2.05) is 0 Å². The first-order chi connectivity index (χ1) is 15.9. The van der Waals surface area contributed by atoms with Crippen LogP contribution in [0.4, 0.5) is 4.79 Å². The number of carbonyl (C=O) groups excluding carboxylic acids is 4. The number of rotatable bonds is 19. The molecule has 1 heterocycles. The summed E-state index contributed by atoms with van der Waals surface area (Å²) in [6, 6.07) is 0. The Hall–Kier alpha value is -2.12. The van der Waals surface area contributed by atoms with Crippen LogP contribution < -0.4 is 0 Å². The van der Waals surface area contributed by atoms with E-state index in [0.717, 1.165) is 19.3 Å². The van der Waals surface area contributed by atoms with Crippen LogP contribution in [-0.4, -0.2) is 35.3 Å². The number of ether oxygens (including phenoxy) is 2. The van der Waals surface area contributed by atoms with Gasteiger partial charge in [-0.25, -0.2) is 4.79 Å². The van der Waals surface area contributed by atoms with Crippen molar-refractivity contribution in [2.75, 3.05) is 0 Å². The number of hydrogen-bond donors (Lipinski definition) is 0. The summed E-state index contributed by atoms with van der Waals surface area (Å²) >= 11 is 0. The highest BCUT2D eigenvalue weighted by Gasteiger charge is 2.34. The molecule has 0 bridgehead atoms. The molecule has 0 aromatic carbocycles. The molecule has 1 unspecified atom stereocenters. The second kappa shape index (κ2) is 18.3. The molecule has 1 rings (SSSR count). The van der Waals surface area contributed by atoms with Gasteiger partial charge in [-0.3, -0.25) is 19.2 Å². The fourth-order valence-electron chi connectivity index (χ4n) is 3.80. The van der Waals surface area contributed by atoms with Crippen LogP contribution in [0.1, 0.15) is 129 Å². The normalized spacial score (nSPS) is 14.4. The van der Waals surface area contributed by atoms with E-state index in [-0.39, 0.29) is 19.3 Å². The van der Waals surface area contributed by atoms with Gasteiger partial charge in [0.15, 0.2) is 0 Å². The maximum atomic E-state index is 11.8. The predicted molar refractivity (Wildman–Crippen MR) is 124 cm³/mol. The van der Waals surface area contributed by atoms with E-state index >= 15 is 0 Å². The Morgan fingerprint density at radius 3 is 1.61 bits per heavy atom. The molecule has 2 amide bonds. The highest BCUT2D eigenvalue weighted by molar-refractivity contribution is 6.01. The molecule has 0 N–H and O–H groups in total. The molecule has 33 heavy (non-hydrogen) atoms. The number of carbonyl (C=O) groups is 4. The Bertz CT molecular complexity index is 577. The molecule has 190 valence electrons. The molecular weight excluding hydrogens is 426 g/mol. The molecule has 1 aliphatic rings. The molecule has 1 fully saturated rings. The fraction of sp³-hybridized carbons (Fsp3) is 0.840. The standard InChI is InChI=1S/C25H43NO7/c1-3-4-5-6-7-8-9-10-11-12-13-14-15-16-17-18-24(29)31-21(2)32-25(30)33-26-22(27)19-20-23(26)28/h21H,3-20H2,1-2H3. The van der Waals surface area contributed by atoms with Gasteiger partial charge in [-0.15, -0.1) is 0 Å². The summed E-state index contributed by atoms with van der Waals surface area (Å²) in [5.74, 6) is -1.66. The van der Waals surface area contributed by atoms with E-state index in [4.69, 9.17) is 9.47 Å². The number of hydrogen-bond acceptors (Lipinski definition) is 7. The van der Waals surface area contributed by atoms with Gasteiger partial charge in [0.2, 0.25) is 6.29 Å². The van der Waals surface area contributed by atoms with Crippen molar-refractivity contribution >= 4 is 23.9 Å². The van der Waals surface area contributed by atoms with Gasteiger partial charge in [0.05, 0.1) is 0 Å². The summed E-state index contributed by atoms with van der Waals surface area (Å²) in [5.41, 5.74) is 0. The van der Waals surface area contributed by atoms with Gasteiger partial charge in [0, 0.05) is 26.2 Å². The Morgan fingerprint density at radius 1 is 0.727 bits per heavy atom. The average Bonchev–Trinajstić information content (AvgIpc) is 3.08. The van der Waals surface area contributed by atoms with Gasteiger partial charge in [-0.2, -0.15) is 0 Å². The van der Waals surface area contributed by atoms with Gasteiger partial charge in [0.25, 0.3) is 11.8 Å². The second-order valence-electron chi connectivity index (χ2n) is 8.80. The SMILES string of the molecule is CCCCCCCCCCCCCCCCCC(=O)OC(C)OC(=O)ON1C(=O)CCC1=O. The zero-order valence-corrected chi connectivity index (χ0v) is 20.6. The average molecular weight is 470 g/mol. The Kier molecular flexibility index (Phi) is 16.1. The van der Waals surface area contributed by atoms with Crippen LogP contribution >= 0.6 is 0 Å². The van der Waals surface area contributed by atoms with Gasteiger partial charge < -0.3 is 9.47 Å². The Balaban J connectivity index is 1.91. The maximum Gasteiger partial charge on any atom is 0.537 e. The van der Waals surface area contributed by atoms with Crippen LogP contribution in [0.15, 0.2) is 0 Å². The minimum Gasteiger partial charge on any atom is -0.425 e. The smallest absolute Gasteiger partial charge is 0.425 e. The van der Waals surface area contributed by atoms with E-state index in [9.17, 15) is 19.2 Å². The van der Waals surface area contributed by atoms with Crippen molar-refractivity contribution in [3.8, 4) is 0 Å². The van der Waals surface area contributed by atoms with Crippen LogP contribution in [0, 0.1) is 0 Å². The van der Waals surface area contributed by atoms with E-state index in [0.29, 0.717) is 5.06 Å². The zero-order chi connectivity index (χ0) is 24.3. The molecule has 0 aromatic rings. The van der Waals surface area contributed by atoms with E-state index in [2.05, 4.69) is 11.8 Å². The summed E-state index contributed by atoms with van der Waals surface area (Å²) in [5, 5.41) is 0.381. The van der Waals surface area contributed by atoms with Crippen LogP contribution in [-0.2, 0) is 28.7 Å². The summed E-state index contributed by atoms with van der Waals surface area (Å²) in [7, 11) is 0. The van der Waals surface area contributed by atoms with Crippen molar-refractivity contribution in [1.82, 2.24) is 5.06 Å². The lowest BCUT2D eigenvalue weighted by Gasteiger charge is -2.16. The Morgan fingerprint density at radius 2 is 1.15 bits per heavy atom. The molecule has 8 heteroatoms. The van der Waals surface area contributed by atoms with Crippen molar-refractivity contribution < 1.29 is 33.5 Å². The van der Waals surface area contributed by atoms with Crippen LogP contribution in [0.2, 0.25) is 0 Å². The zero-order valence-electron chi connectivity index (χ0n) is 20.6. The summed E-state index contributed by atoms with van der Waals surface area (Å²) < 4.78 is 9.77. The largest absolute Gasteiger partial charge is 0.537 e. The molecule has 0 spiro atoms. The highest BCUT2D eigenvalue weighted by Crippen LogP contribution is 2.15. The number of nitrogens with zero attached hydrogens (tertiary/aromatic N) is 1. The van der Waals surface area contributed by atoms with Crippen molar-refractivity contribution in [3.63, 3.8) is 0 Å². The number of amides is 2. The molecule has 0 aliphatic carbocycles. The molecule has 0 saturated carbocycles. The third-order valence-corrected chi connectivity index (χ3v) is 5.72.